The molecule has 0 bridgehead atoms. The number of amides is 1. The maximum absolute atomic E-state index is 12.1. The van der Waals surface area contributed by atoms with Crippen molar-refractivity contribution >= 4 is 23.0 Å². The van der Waals surface area contributed by atoms with Crippen LogP contribution in [0.1, 0.15) is 0 Å². The van der Waals surface area contributed by atoms with Gasteiger partial charge in [0.2, 0.25) is 0 Å². The Kier molecular flexibility index (Phi) is 5.65. The number of hydrogen-bond acceptors (Lipinski definition) is 4. The SMILES string of the molecule is O=C(C[NH+]1CCOCC1)Nc1ccc(N=Nc2ccccc2)cc1. The van der Waals surface area contributed by atoms with Gasteiger partial charge in [-0.1, -0.05) is 18.2 Å². The predicted octanol–water partition coefficient (Wildman–Crippen LogP) is 1.96. The molecule has 1 fully saturated rings. The Morgan fingerprint density at radius 3 is 2.25 bits per heavy atom. The average molecular weight is 325 g/mol. The number of carbonyl (C=O) groups excluding carboxylic acids is 1. The first-order valence-electron chi connectivity index (χ1n) is 8.07. The van der Waals surface area contributed by atoms with Crippen LogP contribution >= 0.6 is 0 Å². The molecule has 1 amide bonds. The molecule has 0 atom stereocenters. The third kappa shape index (κ3) is 4.97. The lowest BCUT2D eigenvalue weighted by atomic mass is 10.3. The van der Waals surface area contributed by atoms with Gasteiger partial charge in [-0.3, -0.25) is 4.79 Å². The van der Waals surface area contributed by atoms with Crippen LogP contribution in [0.4, 0.5) is 17.1 Å². The van der Waals surface area contributed by atoms with Crippen LogP contribution in [0.15, 0.2) is 64.8 Å². The van der Waals surface area contributed by atoms with Crippen molar-refractivity contribution in [2.45, 2.75) is 0 Å². The van der Waals surface area contributed by atoms with Crippen molar-refractivity contribution in [2.75, 3.05) is 38.2 Å². The molecule has 1 aliphatic rings. The summed E-state index contributed by atoms with van der Waals surface area (Å²) in [6, 6.07) is 16.9. The number of anilines is 1. The van der Waals surface area contributed by atoms with Crippen molar-refractivity contribution in [3.8, 4) is 0 Å². The van der Waals surface area contributed by atoms with E-state index in [1.165, 1.54) is 4.90 Å². The number of nitrogens with zero attached hydrogens (tertiary/aromatic N) is 2. The molecule has 1 saturated heterocycles. The van der Waals surface area contributed by atoms with Gasteiger partial charge in [0.05, 0.1) is 24.6 Å². The Hall–Kier alpha value is -2.57. The number of benzene rings is 2. The lowest BCUT2D eigenvalue weighted by Gasteiger charge is -2.23. The standard InChI is InChI=1S/C18H20N4O2/c23-18(14-22-10-12-24-13-11-22)19-15-6-8-17(9-7-15)21-20-16-4-2-1-3-5-16/h1-9H,10-14H2,(H,19,23)/p+1. The second kappa shape index (κ2) is 8.33. The van der Waals surface area contributed by atoms with Crippen LogP contribution in [0, 0.1) is 0 Å². The summed E-state index contributed by atoms with van der Waals surface area (Å²) in [5, 5.41) is 11.3. The number of rotatable bonds is 5. The largest absolute Gasteiger partial charge is 0.370 e. The predicted molar refractivity (Wildman–Crippen MR) is 92.1 cm³/mol. The number of morpholine rings is 1. The minimum Gasteiger partial charge on any atom is -0.370 e. The van der Waals surface area contributed by atoms with Crippen LogP contribution in [0.5, 0.6) is 0 Å². The first-order chi connectivity index (χ1) is 11.8. The quantitative estimate of drug-likeness (QED) is 0.825. The molecule has 6 heteroatoms. The van der Waals surface area contributed by atoms with Gasteiger partial charge in [0.15, 0.2) is 6.54 Å². The van der Waals surface area contributed by atoms with E-state index in [0.717, 1.165) is 43.4 Å². The van der Waals surface area contributed by atoms with Crippen molar-refractivity contribution in [3.05, 3.63) is 54.6 Å². The zero-order valence-electron chi connectivity index (χ0n) is 13.4. The fourth-order valence-electron chi connectivity index (χ4n) is 2.49. The highest BCUT2D eigenvalue weighted by Gasteiger charge is 2.17. The maximum atomic E-state index is 12.1. The highest BCUT2D eigenvalue weighted by molar-refractivity contribution is 5.91. The summed E-state index contributed by atoms with van der Waals surface area (Å²) in [6.45, 7) is 3.69. The number of hydrogen-bond donors (Lipinski definition) is 2. The zero-order valence-corrected chi connectivity index (χ0v) is 13.4. The maximum Gasteiger partial charge on any atom is 0.279 e. The third-order valence-electron chi connectivity index (χ3n) is 3.80. The van der Waals surface area contributed by atoms with Gasteiger partial charge < -0.3 is 15.0 Å². The molecule has 24 heavy (non-hydrogen) atoms. The van der Waals surface area contributed by atoms with Gasteiger partial charge in [-0.15, -0.1) is 0 Å². The van der Waals surface area contributed by atoms with Crippen molar-refractivity contribution in [2.24, 2.45) is 10.2 Å². The minimum atomic E-state index is 0.0190. The lowest BCUT2D eigenvalue weighted by Crippen LogP contribution is -3.15. The van der Waals surface area contributed by atoms with Gasteiger partial charge in [0, 0.05) is 5.69 Å². The van der Waals surface area contributed by atoms with Crippen molar-refractivity contribution < 1.29 is 14.4 Å². The molecule has 3 rings (SSSR count). The van der Waals surface area contributed by atoms with E-state index in [1.54, 1.807) is 0 Å². The van der Waals surface area contributed by atoms with E-state index >= 15 is 0 Å². The van der Waals surface area contributed by atoms with Crippen molar-refractivity contribution in [1.82, 2.24) is 0 Å². The highest BCUT2D eigenvalue weighted by atomic mass is 16.5. The van der Waals surface area contributed by atoms with E-state index in [2.05, 4.69) is 15.5 Å². The van der Waals surface area contributed by atoms with Gasteiger partial charge in [0.1, 0.15) is 13.1 Å². The zero-order chi connectivity index (χ0) is 16.6. The molecule has 0 spiro atoms. The number of carbonyl (C=O) groups is 1. The van der Waals surface area contributed by atoms with Crippen LogP contribution in [-0.4, -0.2) is 38.8 Å². The van der Waals surface area contributed by atoms with Crippen LogP contribution < -0.4 is 10.2 Å². The second-order valence-corrected chi connectivity index (χ2v) is 5.67. The first kappa shape index (κ1) is 16.3. The molecule has 2 N–H and O–H groups in total. The van der Waals surface area contributed by atoms with Gasteiger partial charge in [-0.2, -0.15) is 10.2 Å². The Balaban J connectivity index is 1.52. The summed E-state index contributed by atoms with van der Waals surface area (Å²) in [5.74, 6) is 0.0190. The molecule has 0 radical (unpaired) electrons. The van der Waals surface area contributed by atoms with Crippen LogP contribution in [-0.2, 0) is 9.53 Å². The Morgan fingerprint density at radius 1 is 0.958 bits per heavy atom. The van der Waals surface area contributed by atoms with E-state index in [9.17, 15) is 4.79 Å². The molecule has 124 valence electrons. The van der Waals surface area contributed by atoms with Crippen LogP contribution in [0.3, 0.4) is 0 Å². The average Bonchev–Trinajstić information content (AvgIpc) is 2.63. The number of nitrogens with one attached hydrogen (secondary N) is 2. The third-order valence-corrected chi connectivity index (χ3v) is 3.80. The topological polar surface area (TPSA) is 67.5 Å². The van der Waals surface area contributed by atoms with Gasteiger partial charge in [0.25, 0.3) is 5.91 Å². The van der Waals surface area contributed by atoms with Crippen molar-refractivity contribution in [3.63, 3.8) is 0 Å². The van der Waals surface area contributed by atoms with E-state index < -0.39 is 0 Å². The molecule has 1 aliphatic heterocycles. The summed E-state index contributed by atoms with van der Waals surface area (Å²) in [4.78, 5) is 13.3. The molecular weight excluding hydrogens is 304 g/mol. The number of azo groups is 1. The van der Waals surface area contributed by atoms with E-state index in [-0.39, 0.29) is 5.91 Å². The van der Waals surface area contributed by atoms with Crippen LogP contribution in [0.25, 0.3) is 0 Å². The van der Waals surface area contributed by atoms with E-state index in [1.807, 2.05) is 54.6 Å². The molecule has 0 unspecified atom stereocenters. The second-order valence-electron chi connectivity index (χ2n) is 5.67. The Morgan fingerprint density at radius 2 is 1.58 bits per heavy atom. The number of ether oxygens (including phenoxy) is 1. The molecule has 0 aromatic heterocycles. The summed E-state index contributed by atoms with van der Waals surface area (Å²) >= 11 is 0. The first-order valence-corrected chi connectivity index (χ1v) is 8.07. The fraction of sp³-hybridized carbons (Fsp3) is 0.278. The Labute approximate surface area is 141 Å². The normalized spacial score (nSPS) is 15.5. The van der Waals surface area contributed by atoms with Gasteiger partial charge in [-0.25, -0.2) is 0 Å². The molecule has 0 aliphatic carbocycles. The van der Waals surface area contributed by atoms with Crippen LogP contribution in [0.2, 0.25) is 0 Å². The molecule has 2 aromatic carbocycles. The van der Waals surface area contributed by atoms with Gasteiger partial charge in [-0.05, 0) is 36.4 Å². The smallest absolute Gasteiger partial charge is 0.279 e. The minimum absolute atomic E-state index is 0.0190. The number of quaternary nitrogens is 1. The molecular formula is C18H21N4O2+. The van der Waals surface area contributed by atoms with E-state index in [0.29, 0.717) is 6.54 Å². The molecule has 6 nitrogen and oxygen atoms in total. The van der Waals surface area contributed by atoms with E-state index in [4.69, 9.17) is 4.74 Å². The monoisotopic (exact) mass is 325 g/mol. The van der Waals surface area contributed by atoms with Crippen molar-refractivity contribution in [1.29, 1.82) is 0 Å². The molecule has 1 heterocycles. The molecule has 0 saturated carbocycles. The Bertz CT molecular complexity index is 680. The summed E-state index contributed by atoms with van der Waals surface area (Å²) in [6.07, 6.45) is 0. The summed E-state index contributed by atoms with van der Waals surface area (Å²) in [5.41, 5.74) is 2.32. The van der Waals surface area contributed by atoms with Gasteiger partial charge >= 0.3 is 0 Å². The molecule has 2 aromatic rings. The summed E-state index contributed by atoms with van der Waals surface area (Å²) < 4.78 is 5.30. The summed E-state index contributed by atoms with van der Waals surface area (Å²) in [7, 11) is 0. The highest BCUT2D eigenvalue weighted by Crippen LogP contribution is 2.19. The fourth-order valence-corrected chi connectivity index (χ4v) is 2.49. The lowest BCUT2D eigenvalue weighted by molar-refractivity contribution is -0.899.